The van der Waals surface area contributed by atoms with Crippen LogP contribution in [0.25, 0.3) is 0 Å². The number of benzene rings is 2. The van der Waals surface area contributed by atoms with E-state index in [4.69, 9.17) is 0 Å². The van der Waals surface area contributed by atoms with Crippen LogP contribution in [-0.4, -0.2) is 38.2 Å². The summed E-state index contributed by atoms with van der Waals surface area (Å²) in [6.45, 7) is -2.08. The van der Waals surface area contributed by atoms with Gasteiger partial charge in [-0.05, 0) is 48.4 Å². The van der Waals surface area contributed by atoms with Crippen molar-refractivity contribution in [1.82, 2.24) is 16.0 Å². The number of carbonyl (C=O) groups excluding carboxylic acids is 2. The fourth-order valence-corrected chi connectivity index (χ4v) is 2.28. The molecular formula is C19H20F3N3O3. The van der Waals surface area contributed by atoms with Crippen molar-refractivity contribution in [2.45, 2.75) is 13.0 Å². The van der Waals surface area contributed by atoms with Crippen LogP contribution in [0, 0.1) is 5.82 Å². The van der Waals surface area contributed by atoms with Crippen LogP contribution in [0.4, 0.5) is 18.0 Å². The van der Waals surface area contributed by atoms with Crippen LogP contribution < -0.4 is 20.7 Å². The molecule has 0 bridgehead atoms. The molecule has 0 saturated heterocycles. The van der Waals surface area contributed by atoms with Gasteiger partial charge >= 0.3 is 12.6 Å². The van der Waals surface area contributed by atoms with Crippen molar-refractivity contribution in [3.63, 3.8) is 0 Å². The number of rotatable bonds is 9. The Morgan fingerprint density at radius 1 is 0.857 bits per heavy atom. The highest BCUT2D eigenvalue weighted by atomic mass is 19.3. The van der Waals surface area contributed by atoms with Crippen molar-refractivity contribution in [3.05, 3.63) is 65.5 Å². The van der Waals surface area contributed by atoms with Crippen LogP contribution in [-0.2, 0) is 6.42 Å². The Kier molecular flexibility index (Phi) is 8.13. The fraction of sp³-hybridized carbons (Fsp3) is 0.263. The standard InChI is InChI=1S/C19H20F3N3O3/c20-15-5-3-14(4-6-15)17(26)23-11-12-25-19(27)24-10-9-13-1-7-16(8-2-13)28-18(21)22/h1-8,18H,9-12H2,(H,23,26)(H2,24,25,27). The van der Waals surface area contributed by atoms with E-state index in [2.05, 4.69) is 20.7 Å². The molecule has 0 atom stereocenters. The first kappa shape index (κ1) is 21.1. The van der Waals surface area contributed by atoms with E-state index in [9.17, 15) is 22.8 Å². The van der Waals surface area contributed by atoms with Crippen LogP contribution >= 0.6 is 0 Å². The maximum atomic E-state index is 12.8. The van der Waals surface area contributed by atoms with E-state index < -0.39 is 18.5 Å². The minimum absolute atomic E-state index is 0.0761. The lowest BCUT2D eigenvalue weighted by Gasteiger charge is -2.09. The normalized spacial score (nSPS) is 10.4. The topological polar surface area (TPSA) is 79.5 Å². The summed E-state index contributed by atoms with van der Waals surface area (Å²) in [6.07, 6.45) is 0.518. The van der Waals surface area contributed by atoms with Gasteiger partial charge in [-0.2, -0.15) is 8.78 Å². The lowest BCUT2D eigenvalue weighted by Crippen LogP contribution is -2.40. The van der Waals surface area contributed by atoms with E-state index >= 15 is 0 Å². The number of halogens is 3. The summed E-state index contributed by atoms with van der Waals surface area (Å²) in [4.78, 5) is 23.5. The second-order valence-corrected chi connectivity index (χ2v) is 5.72. The molecule has 2 aromatic carbocycles. The molecule has 150 valence electrons. The zero-order valence-corrected chi connectivity index (χ0v) is 14.9. The molecule has 0 aromatic heterocycles. The van der Waals surface area contributed by atoms with Crippen molar-refractivity contribution in [1.29, 1.82) is 0 Å². The van der Waals surface area contributed by atoms with Gasteiger partial charge in [0.25, 0.3) is 5.91 Å². The highest BCUT2D eigenvalue weighted by molar-refractivity contribution is 5.94. The molecule has 28 heavy (non-hydrogen) atoms. The average molecular weight is 395 g/mol. The number of carbonyl (C=O) groups is 2. The summed E-state index contributed by atoms with van der Waals surface area (Å²) >= 11 is 0. The third kappa shape index (κ3) is 7.56. The SMILES string of the molecule is O=C(NCCNC(=O)c1ccc(F)cc1)NCCc1ccc(OC(F)F)cc1. The van der Waals surface area contributed by atoms with Crippen molar-refractivity contribution in [2.24, 2.45) is 0 Å². The third-order valence-electron chi connectivity index (χ3n) is 3.65. The maximum absolute atomic E-state index is 12.8. The van der Waals surface area contributed by atoms with Gasteiger partial charge in [0.05, 0.1) is 0 Å². The largest absolute Gasteiger partial charge is 0.435 e. The molecule has 0 saturated carbocycles. The monoisotopic (exact) mass is 395 g/mol. The zero-order chi connectivity index (χ0) is 20.4. The number of urea groups is 1. The first-order chi connectivity index (χ1) is 13.4. The van der Waals surface area contributed by atoms with Gasteiger partial charge in [-0.25, -0.2) is 9.18 Å². The van der Waals surface area contributed by atoms with Crippen molar-refractivity contribution < 1.29 is 27.5 Å². The molecule has 0 heterocycles. The quantitative estimate of drug-likeness (QED) is 0.571. The van der Waals surface area contributed by atoms with Crippen LogP contribution in [0.2, 0.25) is 0 Å². The molecule has 0 aliphatic heterocycles. The number of amides is 3. The molecule has 2 rings (SSSR count). The third-order valence-corrected chi connectivity index (χ3v) is 3.65. The second-order valence-electron chi connectivity index (χ2n) is 5.72. The van der Waals surface area contributed by atoms with Gasteiger partial charge in [0.15, 0.2) is 0 Å². The van der Waals surface area contributed by atoms with Gasteiger partial charge in [-0.1, -0.05) is 12.1 Å². The highest BCUT2D eigenvalue weighted by Crippen LogP contribution is 2.14. The minimum Gasteiger partial charge on any atom is -0.435 e. The Labute approximate surface area is 160 Å². The van der Waals surface area contributed by atoms with E-state index in [0.717, 1.165) is 5.56 Å². The van der Waals surface area contributed by atoms with Gasteiger partial charge in [-0.15, -0.1) is 0 Å². The number of hydrogen-bond acceptors (Lipinski definition) is 3. The summed E-state index contributed by atoms with van der Waals surface area (Å²) in [6, 6.07) is 10.9. The summed E-state index contributed by atoms with van der Waals surface area (Å²) < 4.78 is 41.2. The zero-order valence-electron chi connectivity index (χ0n) is 14.9. The molecule has 0 spiro atoms. The van der Waals surface area contributed by atoms with Crippen molar-refractivity contribution >= 4 is 11.9 Å². The summed E-state index contributed by atoms with van der Waals surface area (Å²) in [7, 11) is 0. The van der Waals surface area contributed by atoms with Gasteiger partial charge < -0.3 is 20.7 Å². The molecule has 3 amide bonds. The van der Waals surface area contributed by atoms with Gasteiger partial charge in [0, 0.05) is 25.2 Å². The molecule has 0 aliphatic carbocycles. The Balaban J connectivity index is 1.58. The molecule has 2 aromatic rings. The molecule has 9 heteroatoms. The second kappa shape index (κ2) is 10.8. The van der Waals surface area contributed by atoms with E-state index in [-0.39, 0.29) is 24.7 Å². The highest BCUT2D eigenvalue weighted by Gasteiger charge is 2.06. The molecule has 0 fully saturated rings. The van der Waals surface area contributed by atoms with Crippen LogP contribution in [0.3, 0.4) is 0 Å². The van der Waals surface area contributed by atoms with E-state index in [1.54, 1.807) is 12.1 Å². The van der Waals surface area contributed by atoms with E-state index in [1.165, 1.54) is 36.4 Å². The predicted molar refractivity (Wildman–Crippen MR) is 96.9 cm³/mol. The summed E-state index contributed by atoms with van der Waals surface area (Å²) in [5.41, 5.74) is 1.18. The van der Waals surface area contributed by atoms with Gasteiger partial charge in [-0.3, -0.25) is 4.79 Å². The lowest BCUT2D eigenvalue weighted by molar-refractivity contribution is -0.0498. The molecular weight excluding hydrogens is 375 g/mol. The Bertz CT molecular complexity index is 768. The molecule has 0 unspecified atom stereocenters. The van der Waals surface area contributed by atoms with E-state index in [0.29, 0.717) is 18.5 Å². The lowest BCUT2D eigenvalue weighted by atomic mass is 10.1. The number of alkyl halides is 2. The molecule has 0 aliphatic rings. The minimum atomic E-state index is -2.86. The van der Waals surface area contributed by atoms with Gasteiger partial charge in [0.1, 0.15) is 11.6 Å². The van der Waals surface area contributed by atoms with E-state index in [1.807, 2.05) is 0 Å². The molecule has 3 N–H and O–H groups in total. The Morgan fingerprint density at radius 3 is 2.11 bits per heavy atom. The predicted octanol–water partition coefficient (Wildman–Crippen LogP) is 2.70. The number of nitrogens with one attached hydrogen (secondary N) is 3. The van der Waals surface area contributed by atoms with Crippen molar-refractivity contribution in [2.75, 3.05) is 19.6 Å². The molecule has 6 nitrogen and oxygen atoms in total. The Morgan fingerprint density at radius 2 is 1.46 bits per heavy atom. The molecule has 0 radical (unpaired) electrons. The number of ether oxygens (including phenoxy) is 1. The van der Waals surface area contributed by atoms with Crippen LogP contribution in [0.1, 0.15) is 15.9 Å². The fourth-order valence-electron chi connectivity index (χ4n) is 2.28. The smallest absolute Gasteiger partial charge is 0.387 e. The summed E-state index contributed by atoms with van der Waals surface area (Å²) in [5.74, 6) is -0.707. The maximum Gasteiger partial charge on any atom is 0.387 e. The van der Waals surface area contributed by atoms with Crippen LogP contribution in [0.15, 0.2) is 48.5 Å². The number of hydrogen-bond donors (Lipinski definition) is 3. The van der Waals surface area contributed by atoms with Crippen LogP contribution in [0.5, 0.6) is 5.75 Å². The summed E-state index contributed by atoms with van der Waals surface area (Å²) in [5, 5.41) is 7.84. The average Bonchev–Trinajstić information content (AvgIpc) is 2.66. The van der Waals surface area contributed by atoms with Crippen molar-refractivity contribution in [3.8, 4) is 5.75 Å². The van der Waals surface area contributed by atoms with Gasteiger partial charge in [0.2, 0.25) is 0 Å². The first-order valence-corrected chi connectivity index (χ1v) is 8.53. The first-order valence-electron chi connectivity index (χ1n) is 8.53. The Hall–Kier alpha value is -3.23.